The molecule has 1 aliphatic carbocycles. The van der Waals surface area contributed by atoms with Crippen molar-refractivity contribution in [2.24, 2.45) is 11.8 Å². The van der Waals surface area contributed by atoms with Gasteiger partial charge in [0.15, 0.2) is 0 Å². The van der Waals surface area contributed by atoms with Crippen LogP contribution in [-0.4, -0.2) is 10.3 Å². The molecule has 240 valence electrons. The van der Waals surface area contributed by atoms with Crippen LogP contribution in [0.4, 0.5) is 0 Å². The van der Waals surface area contributed by atoms with E-state index in [2.05, 4.69) is 46.2 Å². The van der Waals surface area contributed by atoms with Crippen molar-refractivity contribution >= 4 is 18.5 Å². The van der Waals surface area contributed by atoms with E-state index < -0.39 is 0 Å². The van der Waals surface area contributed by atoms with Gasteiger partial charge in [-0.25, -0.2) is 0 Å². The Balaban J connectivity index is 2.83. The summed E-state index contributed by atoms with van der Waals surface area (Å²) in [5, 5.41) is 1.00. The van der Waals surface area contributed by atoms with Gasteiger partial charge in [0, 0.05) is 0 Å². The van der Waals surface area contributed by atoms with Crippen molar-refractivity contribution in [3.05, 3.63) is 0 Å². The highest BCUT2D eigenvalue weighted by atomic mass is 31.0. The molecule has 0 saturated heterocycles. The molecular formula is C38H78P2. The van der Waals surface area contributed by atoms with Gasteiger partial charge in [0.2, 0.25) is 0 Å². The number of unbranched alkanes of at least 4 members (excludes halogenated alkanes) is 20. The van der Waals surface area contributed by atoms with Crippen LogP contribution in [0.2, 0.25) is 0 Å². The summed E-state index contributed by atoms with van der Waals surface area (Å²) in [4.78, 5) is 0. The zero-order valence-electron chi connectivity index (χ0n) is 28.5. The van der Waals surface area contributed by atoms with Gasteiger partial charge in [-0.3, -0.25) is 0 Å². The zero-order valence-corrected chi connectivity index (χ0v) is 30.8. The highest BCUT2D eigenvalue weighted by Gasteiger charge is 2.50. The lowest BCUT2D eigenvalue weighted by atomic mass is 9.57. The van der Waals surface area contributed by atoms with Crippen LogP contribution >= 0.6 is 18.5 Å². The van der Waals surface area contributed by atoms with Crippen LogP contribution in [0, 0.1) is 11.8 Å². The molecule has 0 N–H and O–H groups in total. The molecule has 0 aromatic carbocycles. The minimum absolute atomic E-state index is 0.502. The fourth-order valence-corrected chi connectivity index (χ4v) is 9.42. The van der Waals surface area contributed by atoms with Gasteiger partial charge in [0.05, 0.1) is 0 Å². The fourth-order valence-electron chi connectivity index (χ4n) is 7.81. The number of rotatable bonds is 30. The molecule has 0 nitrogen and oxygen atoms in total. The summed E-state index contributed by atoms with van der Waals surface area (Å²) in [6, 6.07) is 0. The first-order valence-corrected chi connectivity index (χ1v) is 20.2. The lowest BCUT2D eigenvalue weighted by molar-refractivity contribution is 0.0644. The van der Waals surface area contributed by atoms with E-state index in [9.17, 15) is 0 Å². The van der Waals surface area contributed by atoms with E-state index in [1.165, 1.54) is 193 Å². The van der Waals surface area contributed by atoms with Crippen LogP contribution in [0.25, 0.3) is 0 Å². The molecule has 0 aromatic rings. The maximum atomic E-state index is 3.57. The van der Waals surface area contributed by atoms with Crippen LogP contribution in [0.1, 0.15) is 220 Å². The summed E-state index contributed by atoms with van der Waals surface area (Å²) in [5.41, 5.74) is 0. The first kappa shape index (κ1) is 38.9. The topological polar surface area (TPSA) is 0 Å². The number of hydrogen-bond donors (Lipinski definition) is 0. The average molecular weight is 597 g/mol. The van der Waals surface area contributed by atoms with Crippen LogP contribution < -0.4 is 0 Å². The molecule has 0 heterocycles. The Morgan fingerprint density at radius 1 is 0.350 bits per heavy atom. The van der Waals surface area contributed by atoms with Crippen molar-refractivity contribution in [1.82, 2.24) is 0 Å². The van der Waals surface area contributed by atoms with Gasteiger partial charge < -0.3 is 0 Å². The second kappa shape index (κ2) is 25.2. The first-order chi connectivity index (χ1) is 19.5. The van der Waals surface area contributed by atoms with E-state index in [-0.39, 0.29) is 0 Å². The fraction of sp³-hybridized carbons (Fsp3) is 1.00. The summed E-state index contributed by atoms with van der Waals surface area (Å²) >= 11 is 0. The Morgan fingerprint density at radius 3 is 0.750 bits per heavy atom. The summed E-state index contributed by atoms with van der Waals surface area (Å²) in [5.74, 6) is 1.89. The Morgan fingerprint density at radius 2 is 0.550 bits per heavy atom. The number of hydrogen-bond acceptors (Lipinski definition) is 0. The Hall–Kier alpha value is 0.860. The van der Waals surface area contributed by atoms with Gasteiger partial charge in [-0.15, -0.1) is 18.5 Å². The van der Waals surface area contributed by atoms with Crippen LogP contribution in [0.3, 0.4) is 0 Å². The van der Waals surface area contributed by atoms with Crippen LogP contribution in [-0.2, 0) is 0 Å². The third kappa shape index (κ3) is 16.6. The van der Waals surface area contributed by atoms with Crippen molar-refractivity contribution < 1.29 is 0 Å². The molecule has 0 aromatic heterocycles. The summed E-state index contributed by atoms with van der Waals surface area (Å²) in [6.45, 7) is 9.37. The molecule has 40 heavy (non-hydrogen) atoms. The molecule has 1 aliphatic rings. The van der Waals surface area contributed by atoms with Gasteiger partial charge in [-0.1, -0.05) is 182 Å². The van der Waals surface area contributed by atoms with E-state index in [0.29, 0.717) is 10.3 Å². The predicted molar refractivity (Wildman–Crippen MR) is 193 cm³/mol. The standard InChI is InChI=1S/C38H78P2/c1-5-9-13-17-21-25-31-37(39,32-26-22-18-14-10-6-2)35-29-30-36(35)38(40,33-27-23-19-15-11-7-3)34-28-24-20-16-12-8-4/h35-36H,5-34,39-40H2,1-4H3. The molecule has 0 spiro atoms. The highest BCUT2D eigenvalue weighted by Crippen LogP contribution is 2.59. The average Bonchev–Trinajstić information content (AvgIpc) is 2.91. The molecule has 1 fully saturated rings. The summed E-state index contributed by atoms with van der Waals surface area (Å²) < 4.78 is 0. The Labute approximate surface area is 260 Å². The SMILES string of the molecule is CCCCCCCCC(P)(CCCCCCCC)C1CCC1C(P)(CCCCCCCC)CCCCCCCC. The third-order valence-electron chi connectivity index (χ3n) is 10.7. The molecule has 0 bridgehead atoms. The molecule has 0 amide bonds. The van der Waals surface area contributed by atoms with Crippen molar-refractivity contribution in [2.45, 2.75) is 231 Å². The maximum absolute atomic E-state index is 3.57. The maximum Gasteiger partial charge on any atom is -0.0119 e. The largest absolute Gasteiger partial charge is 0.131 e. The lowest BCUT2D eigenvalue weighted by Gasteiger charge is -2.56. The molecule has 2 heteroatoms. The normalized spacial score (nSPS) is 17.9. The van der Waals surface area contributed by atoms with Gasteiger partial charge >= 0.3 is 0 Å². The third-order valence-corrected chi connectivity index (χ3v) is 12.7. The van der Waals surface area contributed by atoms with Gasteiger partial charge in [-0.05, 0) is 60.7 Å². The van der Waals surface area contributed by atoms with Crippen molar-refractivity contribution in [3.63, 3.8) is 0 Å². The minimum atomic E-state index is 0.502. The zero-order chi connectivity index (χ0) is 29.4. The van der Waals surface area contributed by atoms with E-state index in [4.69, 9.17) is 0 Å². The smallest absolute Gasteiger partial charge is 0.0119 e. The van der Waals surface area contributed by atoms with Crippen molar-refractivity contribution in [2.75, 3.05) is 0 Å². The van der Waals surface area contributed by atoms with Gasteiger partial charge in [0.1, 0.15) is 0 Å². The molecule has 4 unspecified atom stereocenters. The van der Waals surface area contributed by atoms with E-state index in [1.54, 1.807) is 0 Å². The second-order valence-electron chi connectivity index (χ2n) is 14.3. The molecule has 1 saturated carbocycles. The van der Waals surface area contributed by atoms with Crippen molar-refractivity contribution in [1.29, 1.82) is 0 Å². The van der Waals surface area contributed by atoms with Crippen LogP contribution in [0.15, 0.2) is 0 Å². The van der Waals surface area contributed by atoms with Crippen molar-refractivity contribution in [3.8, 4) is 0 Å². The quantitative estimate of drug-likeness (QED) is 0.0571. The van der Waals surface area contributed by atoms with Gasteiger partial charge in [-0.2, -0.15) is 0 Å². The molecule has 1 rings (SSSR count). The molecule has 0 aliphatic heterocycles. The van der Waals surface area contributed by atoms with E-state index in [0.717, 1.165) is 11.8 Å². The predicted octanol–water partition coefficient (Wildman–Crippen LogP) is 14.2. The molecule has 4 atom stereocenters. The molecule has 0 radical (unpaired) electrons. The first-order valence-electron chi connectivity index (χ1n) is 19.0. The van der Waals surface area contributed by atoms with Crippen LogP contribution in [0.5, 0.6) is 0 Å². The second-order valence-corrected chi connectivity index (χ2v) is 16.6. The Bertz CT molecular complexity index is 464. The molecular weight excluding hydrogens is 518 g/mol. The highest BCUT2D eigenvalue weighted by molar-refractivity contribution is 7.19. The summed E-state index contributed by atoms with van der Waals surface area (Å²) in [7, 11) is 7.14. The van der Waals surface area contributed by atoms with Gasteiger partial charge in [0.25, 0.3) is 0 Å². The minimum Gasteiger partial charge on any atom is -0.131 e. The van der Waals surface area contributed by atoms with E-state index in [1.807, 2.05) is 0 Å². The lowest BCUT2D eigenvalue weighted by Crippen LogP contribution is -2.51. The monoisotopic (exact) mass is 597 g/mol. The summed E-state index contributed by atoms with van der Waals surface area (Å²) in [6.07, 6.45) is 43.4. The Kier molecular flexibility index (Phi) is 24.5. The van der Waals surface area contributed by atoms with E-state index >= 15 is 0 Å².